The van der Waals surface area contributed by atoms with Gasteiger partial charge in [-0.2, -0.15) is 26.3 Å². The molecule has 0 aromatic heterocycles. The maximum absolute atomic E-state index is 12.3. The molecule has 1 aromatic rings. The molecule has 0 aliphatic rings. The molecule has 0 aliphatic heterocycles. The van der Waals surface area contributed by atoms with Crippen molar-refractivity contribution in [2.45, 2.75) is 17.2 Å². The Morgan fingerprint density at radius 1 is 1.06 bits per heavy atom. The number of rotatable bonds is 2. The highest BCUT2D eigenvalue weighted by Gasteiger charge is 2.33. The standard InChI is InChI=1S/C9H7F6NS/c10-8(11,12)4-17-5-1-2-6(7(16)3-5)9(13,14)15/h1-3H,4,16H2. The second-order valence-corrected chi connectivity index (χ2v) is 4.20. The topological polar surface area (TPSA) is 26.0 Å². The molecule has 0 bridgehead atoms. The van der Waals surface area contributed by atoms with Gasteiger partial charge in [0, 0.05) is 10.6 Å². The van der Waals surface area contributed by atoms with Gasteiger partial charge in [0.25, 0.3) is 0 Å². The molecular formula is C9H7F6NS. The van der Waals surface area contributed by atoms with Crippen LogP contribution in [-0.2, 0) is 6.18 Å². The number of thioether (sulfide) groups is 1. The molecule has 0 radical (unpaired) electrons. The molecule has 0 fully saturated rings. The summed E-state index contributed by atoms with van der Waals surface area (Å²) < 4.78 is 72.5. The quantitative estimate of drug-likeness (QED) is 0.502. The summed E-state index contributed by atoms with van der Waals surface area (Å²) in [5, 5.41) is 0. The van der Waals surface area contributed by atoms with E-state index in [4.69, 9.17) is 5.73 Å². The second kappa shape index (κ2) is 4.67. The average molecular weight is 275 g/mol. The zero-order valence-electron chi connectivity index (χ0n) is 8.19. The maximum Gasteiger partial charge on any atom is 0.418 e. The van der Waals surface area contributed by atoms with Gasteiger partial charge in [0.2, 0.25) is 0 Å². The van der Waals surface area contributed by atoms with Crippen molar-refractivity contribution in [2.24, 2.45) is 0 Å². The minimum Gasteiger partial charge on any atom is -0.398 e. The van der Waals surface area contributed by atoms with Crippen molar-refractivity contribution in [2.75, 3.05) is 11.5 Å². The van der Waals surface area contributed by atoms with Crippen molar-refractivity contribution < 1.29 is 26.3 Å². The number of nitrogens with two attached hydrogens (primary N) is 1. The van der Waals surface area contributed by atoms with E-state index in [9.17, 15) is 26.3 Å². The fourth-order valence-corrected chi connectivity index (χ4v) is 1.76. The van der Waals surface area contributed by atoms with E-state index in [1.165, 1.54) is 0 Å². The molecule has 0 saturated heterocycles. The van der Waals surface area contributed by atoms with E-state index in [-0.39, 0.29) is 4.90 Å². The molecule has 0 heterocycles. The maximum atomic E-state index is 12.3. The van der Waals surface area contributed by atoms with E-state index in [1.54, 1.807) is 0 Å². The van der Waals surface area contributed by atoms with Gasteiger partial charge in [-0.05, 0) is 18.2 Å². The van der Waals surface area contributed by atoms with Crippen LogP contribution in [0.5, 0.6) is 0 Å². The number of hydrogen-bond acceptors (Lipinski definition) is 2. The number of halogens is 6. The highest BCUT2D eigenvalue weighted by atomic mass is 32.2. The summed E-state index contributed by atoms with van der Waals surface area (Å²) in [5.74, 6) is -1.17. The first kappa shape index (κ1) is 14.0. The van der Waals surface area contributed by atoms with E-state index in [1.807, 2.05) is 0 Å². The number of hydrogen-bond donors (Lipinski definition) is 1. The van der Waals surface area contributed by atoms with Crippen molar-refractivity contribution in [3.05, 3.63) is 23.8 Å². The van der Waals surface area contributed by atoms with Gasteiger partial charge in [-0.1, -0.05) is 0 Å². The number of anilines is 1. The molecule has 0 amide bonds. The largest absolute Gasteiger partial charge is 0.418 e. The zero-order valence-corrected chi connectivity index (χ0v) is 9.01. The van der Waals surface area contributed by atoms with Gasteiger partial charge in [0.05, 0.1) is 11.3 Å². The molecule has 1 aromatic carbocycles. The molecule has 1 nitrogen and oxygen atoms in total. The third-order valence-electron chi connectivity index (χ3n) is 1.73. The lowest BCUT2D eigenvalue weighted by atomic mass is 10.2. The Kier molecular flexibility index (Phi) is 3.85. The summed E-state index contributed by atoms with van der Waals surface area (Å²) in [6, 6.07) is 2.53. The van der Waals surface area contributed by atoms with E-state index >= 15 is 0 Å². The molecule has 1 rings (SSSR count). The van der Waals surface area contributed by atoms with Crippen molar-refractivity contribution in [1.29, 1.82) is 0 Å². The molecule has 0 spiro atoms. The van der Waals surface area contributed by atoms with Gasteiger partial charge in [-0.15, -0.1) is 11.8 Å². The third-order valence-corrected chi connectivity index (χ3v) is 2.79. The molecule has 0 aliphatic carbocycles. The first-order valence-electron chi connectivity index (χ1n) is 4.26. The van der Waals surface area contributed by atoms with Gasteiger partial charge in [-0.25, -0.2) is 0 Å². The molecule has 17 heavy (non-hydrogen) atoms. The highest BCUT2D eigenvalue weighted by Crippen LogP contribution is 2.36. The Labute approximate surface area is 97.0 Å². The first-order chi connectivity index (χ1) is 7.59. The van der Waals surface area contributed by atoms with Crippen LogP contribution in [0.25, 0.3) is 0 Å². The van der Waals surface area contributed by atoms with Crippen LogP contribution in [0.2, 0.25) is 0 Å². The van der Waals surface area contributed by atoms with Crippen molar-refractivity contribution >= 4 is 17.4 Å². The van der Waals surface area contributed by atoms with Crippen LogP contribution in [0.15, 0.2) is 23.1 Å². The third kappa shape index (κ3) is 4.37. The average Bonchev–Trinajstić information content (AvgIpc) is 2.11. The van der Waals surface area contributed by atoms with Gasteiger partial charge >= 0.3 is 12.4 Å². The van der Waals surface area contributed by atoms with Crippen LogP contribution in [0.1, 0.15) is 5.56 Å². The first-order valence-corrected chi connectivity index (χ1v) is 5.24. The fourth-order valence-electron chi connectivity index (χ4n) is 1.05. The molecule has 8 heteroatoms. The zero-order chi connectivity index (χ0) is 13.3. The summed E-state index contributed by atoms with van der Waals surface area (Å²) in [5.41, 5.74) is 3.51. The second-order valence-electron chi connectivity index (χ2n) is 3.15. The monoisotopic (exact) mass is 275 g/mol. The summed E-state index contributed by atoms with van der Waals surface area (Å²) >= 11 is 0.389. The van der Waals surface area contributed by atoms with Gasteiger partial charge in [0.1, 0.15) is 0 Å². The summed E-state index contributed by atoms with van der Waals surface area (Å²) in [6.07, 6.45) is -8.97. The normalized spacial score (nSPS) is 12.8. The Hall–Kier alpha value is -1.05. The van der Waals surface area contributed by atoms with E-state index in [2.05, 4.69) is 0 Å². The minimum absolute atomic E-state index is 0.0489. The molecule has 96 valence electrons. The van der Waals surface area contributed by atoms with Crippen LogP contribution in [0.3, 0.4) is 0 Å². The highest BCUT2D eigenvalue weighted by molar-refractivity contribution is 7.99. The summed E-state index contributed by atoms with van der Waals surface area (Å²) in [4.78, 5) is 0.0489. The van der Waals surface area contributed by atoms with E-state index < -0.39 is 29.4 Å². The Morgan fingerprint density at radius 2 is 1.65 bits per heavy atom. The Balaban J connectivity index is 2.83. The lowest BCUT2D eigenvalue weighted by molar-refractivity contribution is -0.137. The summed E-state index contributed by atoms with van der Waals surface area (Å²) in [6.45, 7) is 0. The lowest BCUT2D eigenvalue weighted by Crippen LogP contribution is -2.11. The predicted octanol–water partition coefficient (Wildman–Crippen LogP) is 3.94. The van der Waals surface area contributed by atoms with Crippen LogP contribution in [0.4, 0.5) is 32.0 Å². The fraction of sp³-hybridized carbons (Fsp3) is 0.333. The van der Waals surface area contributed by atoms with Crippen LogP contribution in [-0.4, -0.2) is 11.9 Å². The van der Waals surface area contributed by atoms with Gasteiger partial charge in [0.15, 0.2) is 0 Å². The number of nitrogen functional groups attached to an aromatic ring is 1. The van der Waals surface area contributed by atoms with Crippen LogP contribution < -0.4 is 5.73 Å². The van der Waals surface area contributed by atoms with Crippen LogP contribution in [0, 0.1) is 0 Å². The number of benzene rings is 1. The SMILES string of the molecule is Nc1cc(SCC(F)(F)F)ccc1C(F)(F)F. The smallest absolute Gasteiger partial charge is 0.398 e. The van der Waals surface area contributed by atoms with Crippen molar-refractivity contribution in [1.82, 2.24) is 0 Å². The van der Waals surface area contributed by atoms with E-state index in [0.717, 1.165) is 12.1 Å². The minimum atomic E-state index is -4.60. The van der Waals surface area contributed by atoms with Gasteiger partial charge in [-0.3, -0.25) is 0 Å². The van der Waals surface area contributed by atoms with Gasteiger partial charge < -0.3 is 5.73 Å². The van der Waals surface area contributed by atoms with Crippen molar-refractivity contribution in [3.8, 4) is 0 Å². The molecule has 0 atom stereocenters. The Bertz CT molecular complexity index is 397. The Morgan fingerprint density at radius 3 is 2.06 bits per heavy atom. The number of alkyl halides is 6. The molecule has 0 saturated carbocycles. The molecule has 0 unspecified atom stereocenters. The van der Waals surface area contributed by atoms with E-state index in [0.29, 0.717) is 17.8 Å². The summed E-state index contributed by atoms with van der Waals surface area (Å²) in [7, 11) is 0. The predicted molar refractivity (Wildman–Crippen MR) is 52.6 cm³/mol. The molecular weight excluding hydrogens is 268 g/mol. The molecule has 2 N–H and O–H groups in total. The van der Waals surface area contributed by atoms with Crippen molar-refractivity contribution in [3.63, 3.8) is 0 Å². The van der Waals surface area contributed by atoms with Crippen LogP contribution >= 0.6 is 11.8 Å². The lowest BCUT2D eigenvalue weighted by Gasteiger charge is -2.11.